The van der Waals surface area contributed by atoms with E-state index in [9.17, 15) is 4.79 Å². The Balaban J connectivity index is 1.59. The number of nitrogens with zero attached hydrogens (tertiary/aromatic N) is 3. The fraction of sp³-hybridized carbons (Fsp3) is 0.273. The molecule has 2 unspecified atom stereocenters. The zero-order chi connectivity index (χ0) is 22.7. The summed E-state index contributed by atoms with van der Waals surface area (Å²) in [5.74, 6) is 1.27. The second-order valence-electron chi connectivity index (χ2n) is 7.12. The SMILES string of the molecule is C=CC(=O)NC1COCC1Nc1ncc2cc(-c3cc(OC)cc(OC)c3Cl)ncc2n1. The number of carbonyl (C=O) groups excluding carboxylic acids is 1. The van der Waals surface area contributed by atoms with Crippen molar-refractivity contribution in [3.8, 4) is 22.8 Å². The summed E-state index contributed by atoms with van der Waals surface area (Å²) in [6.45, 7) is 4.30. The van der Waals surface area contributed by atoms with Gasteiger partial charge in [-0.25, -0.2) is 9.97 Å². The number of anilines is 1. The Labute approximate surface area is 189 Å². The molecule has 9 nitrogen and oxygen atoms in total. The Hall–Kier alpha value is -3.43. The molecule has 0 spiro atoms. The van der Waals surface area contributed by atoms with Crippen molar-refractivity contribution in [3.05, 3.63) is 48.3 Å². The van der Waals surface area contributed by atoms with Gasteiger partial charge in [-0.2, -0.15) is 0 Å². The summed E-state index contributed by atoms with van der Waals surface area (Å²) in [7, 11) is 3.12. The molecular weight excluding hydrogens is 434 g/mol. The number of benzene rings is 1. The molecule has 166 valence electrons. The van der Waals surface area contributed by atoms with E-state index in [1.54, 1.807) is 38.7 Å². The van der Waals surface area contributed by atoms with Crippen molar-refractivity contribution < 1.29 is 19.0 Å². The summed E-state index contributed by atoms with van der Waals surface area (Å²) in [6, 6.07) is 5.00. The molecule has 2 N–H and O–H groups in total. The Morgan fingerprint density at radius 3 is 2.75 bits per heavy atom. The van der Waals surface area contributed by atoms with Crippen molar-refractivity contribution in [2.24, 2.45) is 0 Å². The van der Waals surface area contributed by atoms with Gasteiger partial charge in [0.1, 0.15) is 11.5 Å². The van der Waals surface area contributed by atoms with E-state index in [1.807, 2.05) is 6.07 Å². The lowest BCUT2D eigenvalue weighted by molar-refractivity contribution is -0.117. The number of aromatic nitrogens is 3. The van der Waals surface area contributed by atoms with E-state index in [0.29, 0.717) is 52.5 Å². The quantitative estimate of drug-likeness (QED) is 0.524. The van der Waals surface area contributed by atoms with Crippen LogP contribution in [0.1, 0.15) is 0 Å². The van der Waals surface area contributed by atoms with Crippen LogP contribution in [0.15, 0.2) is 43.2 Å². The normalized spacial score (nSPS) is 17.7. The second-order valence-corrected chi connectivity index (χ2v) is 7.50. The van der Waals surface area contributed by atoms with Gasteiger partial charge >= 0.3 is 0 Å². The standard InChI is InChI=1S/C22H22ClN5O4/c1-4-20(29)26-17-10-32-11-18(17)28-22-25-8-12-5-15(24-9-16(12)27-22)14-6-13(30-2)7-19(31-3)21(14)23/h4-9,17-18H,1,10-11H2,2-3H3,(H,26,29)(H,25,27,28). The molecule has 2 atom stereocenters. The zero-order valence-electron chi connectivity index (χ0n) is 17.6. The third-order valence-corrected chi connectivity index (χ3v) is 5.51. The average Bonchev–Trinajstić information content (AvgIpc) is 3.25. The predicted molar refractivity (Wildman–Crippen MR) is 121 cm³/mol. The van der Waals surface area contributed by atoms with Crippen molar-refractivity contribution >= 4 is 34.4 Å². The molecule has 32 heavy (non-hydrogen) atoms. The minimum absolute atomic E-state index is 0.161. The van der Waals surface area contributed by atoms with Crippen LogP contribution in [0.25, 0.3) is 22.2 Å². The van der Waals surface area contributed by atoms with Crippen LogP contribution >= 0.6 is 11.6 Å². The maximum atomic E-state index is 11.6. The monoisotopic (exact) mass is 455 g/mol. The van der Waals surface area contributed by atoms with Gasteiger partial charge < -0.3 is 24.8 Å². The molecule has 1 aliphatic heterocycles. The average molecular weight is 456 g/mol. The molecule has 0 aliphatic carbocycles. The number of halogens is 1. The lowest BCUT2D eigenvalue weighted by Gasteiger charge is -2.19. The lowest BCUT2D eigenvalue weighted by atomic mass is 10.1. The summed E-state index contributed by atoms with van der Waals surface area (Å²) in [5, 5.41) is 7.29. The molecule has 1 saturated heterocycles. The van der Waals surface area contributed by atoms with Crippen LogP contribution in [0, 0.1) is 0 Å². The van der Waals surface area contributed by atoms with Gasteiger partial charge in [0.2, 0.25) is 11.9 Å². The van der Waals surface area contributed by atoms with Crippen LogP contribution in [0.3, 0.4) is 0 Å². The van der Waals surface area contributed by atoms with E-state index in [-0.39, 0.29) is 18.0 Å². The van der Waals surface area contributed by atoms with Crippen molar-refractivity contribution in [2.45, 2.75) is 12.1 Å². The van der Waals surface area contributed by atoms with E-state index < -0.39 is 0 Å². The predicted octanol–water partition coefficient (Wildman–Crippen LogP) is 2.84. The van der Waals surface area contributed by atoms with Gasteiger partial charge in [-0.1, -0.05) is 18.2 Å². The van der Waals surface area contributed by atoms with Gasteiger partial charge in [-0.05, 0) is 18.2 Å². The first-order chi connectivity index (χ1) is 15.5. The molecule has 3 aromatic rings. The first-order valence-corrected chi connectivity index (χ1v) is 10.2. The van der Waals surface area contributed by atoms with E-state index in [0.717, 1.165) is 5.39 Å². The Morgan fingerprint density at radius 1 is 1.19 bits per heavy atom. The first-order valence-electron chi connectivity index (χ1n) is 9.84. The number of carbonyl (C=O) groups is 1. The minimum atomic E-state index is -0.253. The molecule has 0 saturated carbocycles. The van der Waals surface area contributed by atoms with Crippen LogP contribution in [0.4, 0.5) is 5.95 Å². The molecule has 10 heteroatoms. The Morgan fingerprint density at radius 2 is 2.00 bits per heavy atom. The van der Waals surface area contributed by atoms with Gasteiger partial charge in [0, 0.05) is 23.2 Å². The maximum Gasteiger partial charge on any atom is 0.243 e. The maximum absolute atomic E-state index is 11.6. The third kappa shape index (κ3) is 4.44. The minimum Gasteiger partial charge on any atom is -0.497 e. The van der Waals surface area contributed by atoms with Crippen LogP contribution in [0.2, 0.25) is 5.02 Å². The highest BCUT2D eigenvalue weighted by Gasteiger charge is 2.29. The van der Waals surface area contributed by atoms with Gasteiger partial charge in [0.25, 0.3) is 0 Å². The van der Waals surface area contributed by atoms with Crippen LogP contribution < -0.4 is 20.1 Å². The zero-order valence-corrected chi connectivity index (χ0v) is 18.3. The number of fused-ring (bicyclic) bond motifs is 1. The molecule has 1 aliphatic rings. The molecule has 2 aromatic heterocycles. The fourth-order valence-corrected chi connectivity index (χ4v) is 3.71. The largest absolute Gasteiger partial charge is 0.497 e. The third-order valence-electron chi connectivity index (χ3n) is 5.12. The van der Waals surface area contributed by atoms with Crippen LogP contribution in [0.5, 0.6) is 11.5 Å². The van der Waals surface area contributed by atoms with E-state index >= 15 is 0 Å². The highest BCUT2D eigenvalue weighted by atomic mass is 35.5. The molecule has 3 heterocycles. The van der Waals surface area contributed by atoms with Gasteiger partial charge in [-0.15, -0.1) is 0 Å². The van der Waals surface area contributed by atoms with E-state index in [1.165, 1.54) is 6.08 Å². The van der Waals surface area contributed by atoms with Gasteiger partial charge in [0.15, 0.2) is 0 Å². The topological polar surface area (TPSA) is 107 Å². The first kappa shape index (κ1) is 21.8. The number of pyridine rings is 1. The molecule has 1 aromatic carbocycles. The summed E-state index contributed by atoms with van der Waals surface area (Å²) in [4.78, 5) is 25.1. The van der Waals surface area contributed by atoms with Gasteiger partial charge in [0.05, 0.1) is 61.9 Å². The van der Waals surface area contributed by atoms with Crippen molar-refractivity contribution in [2.75, 3.05) is 32.8 Å². The van der Waals surface area contributed by atoms with Crippen LogP contribution in [-0.4, -0.2) is 60.4 Å². The highest BCUT2D eigenvalue weighted by Crippen LogP contribution is 2.38. The fourth-order valence-electron chi connectivity index (χ4n) is 3.42. The molecule has 0 bridgehead atoms. The molecule has 0 radical (unpaired) electrons. The number of amides is 1. The second kappa shape index (κ2) is 9.37. The lowest BCUT2D eigenvalue weighted by Crippen LogP contribution is -2.45. The molecule has 1 fully saturated rings. The molecule has 1 amide bonds. The number of hydrogen-bond donors (Lipinski definition) is 2. The molecular formula is C22H22ClN5O4. The smallest absolute Gasteiger partial charge is 0.243 e. The Kier molecular flexibility index (Phi) is 6.38. The summed E-state index contributed by atoms with van der Waals surface area (Å²) in [5.41, 5.74) is 1.97. The number of methoxy groups -OCH3 is 2. The number of ether oxygens (including phenoxy) is 3. The van der Waals surface area contributed by atoms with Crippen molar-refractivity contribution in [1.29, 1.82) is 0 Å². The van der Waals surface area contributed by atoms with E-state index in [4.69, 9.17) is 25.8 Å². The van der Waals surface area contributed by atoms with Crippen molar-refractivity contribution in [3.63, 3.8) is 0 Å². The Bertz CT molecular complexity index is 1170. The number of rotatable bonds is 7. The number of hydrogen-bond acceptors (Lipinski definition) is 8. The van der Waals surface area contributed by atoms with Crippen molar-refractivity contribution in [1.82, 2.24) is 20.3 Å². The van der Waals surface area contributed by atoms with E-state index in [2.05, 4.69) is 32.2 Å². The summed E-state index contributed by atoms with van der Waals surface area (Å²) < 4.78 is 16.2. The number of nitrogens with one attached hydrogen (secondary N) is 2. The summed E-state index contributed by atoms with van der Waals surface area (Å²) in [6.07, 6.45) is 4.59. The van der Waals surface area contributed by atoms with Gasteiger partial charge in [-0.3, -0.25) is 9.78 Å². The highest BCUT2D eigenvalue weighted by molar-refractivity contribution is 6.34. The van der Waals surface area contributed by atoms with Crippen LogP contribution in [-0.2, 0) is 9.53 Å². The molecule has 4 rings (SSSR count). The summed E-state index contributed by atoms with van der Waals surface area (Å²) >= 11 is 6.49.